The van der Waals surface area contributed by atoms with Gasteiger partial charge in [0.05, 0.1) is 6.10 Å². The molecule has 0 amide bonds. The molecule has 2 unspecified atom stereocenters. The number of halogens is 1. The van der Waals surface area contributed by atoms with Gasteiger partial charge in [-0.15, -0.1) is 24.0 Å². The van der Waals surface area contributed by atoms with E-state index in [-0.39, 0.29) is 29.4 Å². The molecular weight excluding hydrogens is 465 g/mol. The second-order valence-corrected chi connectivity index (χ2v) is 9.59. The summed E-state index contributed by atoms with van der Waals surface area (Å²) >= 11 is 0. The largest absolute Gasteiger partial charge is 0.385 e. The monoisotopic (exact) mass is 509 g/mol. The van der Waals surface area contributed by atoms with Crippen LogP contribution in [0.2, 0.25) is 0 Å². The van der Waals surface area contributed by atoms with E-state index in [1.807, 2.05) is 0 Å². The fourth-order valence-corrected chi connectivity index (χ4v) is 4.76. The zero-order valence-corrected chi connectivity index (χ0v) is 21.1. The van der Waals surface area contributed by atoms with E-state index < -0.39 is 0 Å². The lowest BCUT2D eigenvalue weighted by molar-refractivity contribution is -0.0835. The molecule has 0 aromatic heterocycles. The number of nitrogens with one attached hydrogen (secondary N) is 2. The summed E-state index contributed by atoms with van der Waals surface area (Å²) in [5, 5.41) is 7.06. The number of guanidine groups is 1. The molecule has 1 saturated heterocycles. The first-order valence-corrected chi connectivity index (χ1v) is 11.0. The van der Waals surface area contributed by atoms with Crippen LogP contribution in [0.4, 0.5) is 0 Å². The van der Waals surface area contributed by atoms with Crippen molar-refractivity contribution in [1.82, 2.24) is 10.6 Å². The van der Waals surface area contributed by atoms with Crippen LogP contribution in [-0.2, 0) is 9.47 Å². The van der Waals surface area contributed by atoms with Crippen molar-refractivity contribution in [3.8, 4) is 0 Å². The Kier molecular flexibility index (Phi) is 11.7. The number of rotatable bonds is 8. The van der Waals surface area contributed by atoms with E-state index >= 15 is 0 Å². The van der Waals surface area contributed by atoms with Gasteiger partial charge in [0.25, 0.3) is 0 Å². The lowest BCUT2D eigenvalue weighted by Crippen LogP contribution is -2.47. The summed E-state index contributed by atoms with van der Waals surface area (Å²) in [5.74, 6) is 1.50. The molecule has 2 aliphatic rings. The number of hydrogen-bond acceptors (Lipinski definition) is 3. The van der Waals surface area contributed by atoms with Gasteiger partial charge in [-0.1, -0.05) is 33.6 Å². The smallest absolute Gasteiger partial charge is 0.191 e. The van der Waals surface area contributed by atoms with Crippen molar-refractivity contribution < 1.29 is 9.47 Å². The van der Waals surface area contributed by atoms with Crippen LogP contribution in [0.15, 0.2) is 4.99 Å². The highest BCUT2D eigenvalue weighted by Crippen LogP contribution is 2.41. The number of ether oxygens (including phenoxy) is 2. The zero-order chi connectivity index (χ0) is 19.8. The Labute approximate surface area is 190 Å². The molecule has 1 heterocycles. The Hall–Kier alpha value is -0.0800. The normalized spacial score (nSPS) is 25.2. The summed E-state index contributed by atoms with van der Waals surface area (Å²) in [4.78, 5) is 4.99. The summed E-state index contributed by atoms with van der Waals surface area (Å²) in [6, 6.07) is 0. The third-order valence-corrected chi connectivity index (χ3v) is 6.25. The van der Waals surface area contributed by atoms with Gasteiger partial charge >= 0.3 is 0 Å². The zero-order valence-electron chi connectivity index (χ0n) is 18.8. The minimum atomic E-state index is 0. The van der Waals surface area contributed by atoms with Crippen LogP contribution in [0.1, 0.15) is 72.6 Å². The molecule has 28 heavy (non-hydrogen) atoms. The third-order valence-electron chi connectivity index (χ3n) is 6.25. The number of methoxy groups -OCH3 is 1. The van der Waals surface area contributed by atoms with Crippen molar-refractivity contribution >= 4 is 29.9 Å². The first-order valence-electron chi connectivity index (χ1n) is 11.0. The average molecular weight is 510 g/mol. The Morgan fingerprint density at radius 3 is 2.50 bits per heavy atom. The highest BCUT2D eigenvalue weighted by molar-refractivity contribution is 14.0. The standard InChI is InChI=1S/C22H43N3O2.HI/c1-6-23-20(25-17-22(13-15-26-5)11-7-8-12-22)24-16-18-10-9-14-27-19(18)21(2,3)4;/h18-19H,6-17H2,1-5H3,(H2,23,24,25);1H. The van der Waals surface area contributed by atoms with Crippen molar-refractivity contribution in [2.75, 3.05) is 40.0 Å². The van der Waals surface area contributed by atoms with Crippen molar-refractivity contribution in [2.24, 2.45) is 21.7 Å². The van der Waals surface area contributed by atoms with Crippen LogP contribution in [0.5, 0.6) is 0 Å². The first-order chi connectivity index (χ1) is 12.9. The van der Waals surface area contributed by atoms with Crippen molar-refractivity contribution in [3.05, 3.63) is 0 Å². The van der Waals surface area contributed by atoms with E-state index in [2.05, 4.69) is 38.3 Å². The molecule has 1 aliphatic heterocycles. The molecule has 0 spiro atoms. The molecule has 0 aromatic rings. The van der Waals surface area contributed by atoms with Crippen LogP contribution in [-0.4, -0.2) is 52.0 Å². The Balaban J connectivity index is 0.00000392. The molecule has 2 atom stereocenters. The number of nitrogens with zero attached hydrogens (tertiary/aromatic N) is 1. The van der Waals surface area contributed by atoms with Crippen LogP contribution in [0.3, 0.4) is 0 Å². The Morgan fingerprint density at radius 2 is 1.89 bits per heavy atom. The number of aliphatic imine (C=N–C) groups is 1. The van der Waals surface area contributed by atoms with Gasteiger partial charge in [-0.2, -0.15) is 0 Å². The van der Waals surface area contributed by atoms with Gasteiger partial charge in [-0.05, 0) is 49.9 Å². The predicted octanol–water partition coefficient (Wildman–Crippen LogP) is 4.60. The summed E-state index contributed by atoms with van der Waals surface area (Å²) in [6.07, 6.45) is 9.04. The second-order valence-electron chi connectivity index (χ2n) is 9.59. The quantitative estimate of drug-likeness (QED) is 0.285. The molecule has 5 nitrogen and oxygen atoms in total. The molecule has 1 aliphatic carbocycles. The molecule has 0 radical (unpaired) electrons. The van der Waals surface area contributed by atoms with Crippen LogP contribution >= 0.6 is 24.0 Å². The van der Waals surface area contributed by atoms with E-state index in [0.29, 0.717) is 17.4 Å². The Bertz CT molecular complexity index is 459. The molecule has 2 fully saturated rings. The predicted molar refractivity (Wildman–Crippen MR) is 129 cm³/mol. The van der Waals surface area contributed by atoms with Gasteiger partial charge < -0.3 is 20.1 Å². The van der Waals surface area contributed by atoms with Crippen molar-refractivity contribution in [3.63, 3.8) is 0 Å². The topological polar surface area (TPSA) is 54.9 Å². The average Bonchev–Trinajstić information content (AvgIpc) is 3.11. The lowest BCUT2D eigenvalue weighted by Gasteiger charge is -2.40. The molecule has 0 bridgehead atoms. The van der Waals surface area contributed by atoms with E-state index in [0.717, 1.165) is 51.6 Å². The van der Waals surface area contributed by atoms with E-state index in [9.17, 15) is 0 Å². The molecule has 2 rings (SSSR count). The maximum Gasteiger partial charge on any atom is 0.191 e. The number of hydrogen-bond donors (Lipinski definition) is 2. The van der Waals surface area contributed by atoms with Gasteiger partial charge in [0.15, 0.2) is 5.96 Å². The maximum atomic E-state index is 6.13. The summed E-state index contributed by atoms with van der Waals surface area (Å²) in [7, 11) is 1.80. The van der Waals surface area contributed by atoms with Gasteiger partial charge in [0.1, 0.15) is 0 Å². The van der Waals surface area contributed by atoms with Gasteiger partial charge in [-0.25, -0.2) is 0 Å². The second kappa shape index (κ2) is 12.6. The summed E-state index contributed by atoms with van der Waals surface area (Å²) < 4.78 is 11.5. The highest BCUT2D eigenvalue weighted by Gasteiger charge is 2.36. The molecule has 1 saturated carbocycles. The van der Waals surface area contributed by atoms with Crippen LogP contribution in [0, 0.1) is 16.7 Å². The van der Waals surface area contributed by atoms with Crippen molar-refractivity contribution in [1.29, 1.82) is 0 Å². The third kappa shape index (κ3) is 7.98. The van der Waals surface area contributed by atoms with Gasteiger partial charge in [-0.3, -0.25) is 4.99 Å². The minimum absolute atomic E-state index is 0. The molecule has 0 aromatic carbocycles. The van der Waals surface area contributed by atoms with Crippen molar-refractivity contribution in [2.45, 2.75) is 78.7 Å². The Morgan fingerprint density at radius 1 is 1.18 bits per heavy atom. The molecule has 166 valence electrons. The molecule has 2 N–H and O–H groups in total. The lowest BCUT2D eigenvalue weighted by atomic mass is 9.78. The van der Waals surface area contributed by atoms with E-state index in [1.54, 1.807) is 7.11 Å². The molecular formula is C22H44IN3O2. The first kappa shape index (κ1) is 26.0. The SMILES string of the molecule is CCNC(=NCC1(CCOC)CCCC1)NCC1CCCOC1C(C)(C)C.I. The minimum Gasteiger partial charge on any atom is -0.385 e. The highest BCUT2D eigenvalue weighted by atomic mass is 127. The fraction of sp³-hybridized carbons (Fsp3) is 0.955. The molecule has 6 heteroatoms. The maximum absolute atomic E-state index is 6.13. The van der Waals surface area contributed by atoms with Gasteiger partial charge in [0.2, 0.25) is 0 Å². The van der Waals surface area contributed by atoms with Crippen LogP contribution in [0.25, 0.3) is 0 Å². The fourth-order valence-electron chi connectivity index (χ4n) is 4.76. The summed E-state index contributed by atoms with van der Waals surface area (Å²) in [6.45, 7) is 13.4. The van der Waals surface area contributed by atoms with Crippen LogP contribution < -0.4 is 10.6 Å². The van der Waals surface area contributed by atoms with E-state index in [4.69, 9.17) is 14.5 Å². The summed E-state index contributed by atoms with van der Waals surface area (Å²) in [5.41, 5.74) is 0.510. The van der Waals surface area contributed by atoms with Gasteiger partial charge in [0, 0.05) is 45.9 Å². The van der Waals surface area contributed by atoms with E-state index in [1.165, 1.54) is 32.1 Å².